The molecule has 0 aromatic carbocycles. The molecule has 27 nitrogen and oxygen atoms in total. The summed E-state index contributed by atoms with van der Waals surface area (Å²) < 4.78 is 16.7. The Morgan fingerprint density at radius 1 is 0.597 bits per heavy atom. The van der Waals surface area contributed by atoms with E-state index in [1.165, 1.54) is 0 Å². The third-order valence-electron chi connectivity index (χ3n) is 9.17. The van der Waals surface area contributed by atoms with Crippen LogP contribution in [0.25, 0.3) is 0 Å². The van der Waals surface area contributed by atoms with Gasteiger partial charge in [-0.05, 0) is 70.8 Å². The number of phosphoric ester groups is 1. The lowest BCUT2D eigenvalue weighted by Crippen LogP contribution is -2.62. The molecule has 0 saturated carbocycles. The van der Waals surface area contributed by atoms with Gasteiger partial charge in [-0.1, -0.05) is 26.7 Å². The summed E-state index contributed by atoms with van der Waals surface area (Å²) in [6.07, 6.45) is 0.0463. The number of nitrogens with two attached hydrogens (primary N) is 8. The van der Waals surface area contributed by atoms with Gasteiger partial charge in [-0.15, -0.1) is 0 Å². The molecule has 5 amide bonds. The number of unbranched alkanes of at least 4 members (excludes halogenated alkanes) is 1. The highest BCUT2D eigenvalue weighted by molar-refractivity contribution is 7.46. The highest BCUT2D eigenvalue weighted by Gasteiger charge is 2.38. The molecule has 356 valence electrons. The average molecular weight is 909 g/mol. The van der Waals surface area contributed by atoms with Crippen molar-refractivity contribution < 1.29 is 52.7 Å². The van der Waals surface area contributed by atoms with Gasteiger partial charge >= 0.3 is 13.8 Å². The van der Waals surface area contributed by atoms with Gasteiger partial charge < -0.3 is 87.3 Å². The lowest BCUT2D eigenvalue weighted by molar-refractivity contribution is -0.142. The SMILES string of the molecule is CCC(C)C(NC(=O)C(NC(=O)C(CCCN=C(N)N)NC(=O)C(N)CCCCN)C(C)OP(=O)(O)O)C(=O)NC(CCCN=C(N)N)C(=O)NC(CCCN=C(N)N)C(=O)O. The van der Waals surface area contributed by atoms with E-state index in [9.17, 15) is 48.2 Å². The van der Waals surface area contributed by atoms with Crippen molar-refractivity contribution in [1.82, 2.24) is 26.6 Å². The van der Waals surface area contributed by atoms with E-state index in [-0.39, 0.29) is 88.9 Å². The molecule has 0 bridgehead atoms. The van der Waals surface area contributed by atoms with E-state index in [4.69, 9.17) is 50.4 Å². The summed E-state index contributed by atoms with van der Waals surface area (Å²) in [5, 5.41) is 22.1. The van der Waals surface area contributed by atoms with Crippen LogP contribution in [0.1, 0.15) is 85.0 Å². The standard InChI is InChI=1S/C34H69N16O11P/c1-4-18(2)24(29(54)47-21(11-7-15-43-32(37)38)27(52)48-23(31(56)57)13-9-17-45-34(41)42)49-30(55)25(19(3)61-62(58,59)60)50-28(53)22(12-8-16-44-33(39)40)46-26(51)20(36)10-5-6-14-35/h18-25H,4-17,35-36H2,1-3H3,(H,46,51)(H,47,54)(H,48,52)(H,49,55)(H,50,53)(H,56,57)(H4,37,38,43)(H4,39,40,44)(H4,41,42,45)(H2,58,59,60). The number of hydrogen-bond acceptors (Lipinski definition) is 13. The van der Waals surface area contributed by atoms with Crippen LogP contribution >= 0.6 is 7.82 Å². The predicted octanol–water partition coefficient (Wildman–Crippen LogP) is -5.34. The first-order valence-corrected chi connectivity index (χ1v) is 21.6. The Balaban J connectivity index is 6.70. The molecule has 62 heavy (non-hydrogen) atoms. The maximum Gasteiger partial charge on any atom is 0.469 e. The second-order valence-electron chi connectivity index (χ2n) is 14.4. The molecule has 0 aliphatic heterocycles. The molecule has 0 saturated heterocycles. The largest absolute Gasteiger partial charge is 0.480 e. The van der Waals surface area contributed by atoms with E-state index in [1.54, 1.807) is 13.8 Å². The molecular weight excluding hydrogens is 839 g/mol. The van der Waals surface area contributed by atoms with Crippen molar-refractivity contribution in [3.05, 3.63) is 0 Å². The van der Waals surface area contributed by atoms with Gasteiger partial charge in [0.1, 0.15) is 30.2 Å². The van der Waals surface area contributed by atoms with Crippen LogP contribution in [0.5, 0.6) is 0 Å². The predicted molar refractivity (Wildman–Crippen MR) is 230 cm³/mol. The number of rotatable bonds is 32. The fourth-order valence-electron chi connectivity index (χ4n) is 5.63. The monoisotopic (exact) mass is 909 g/mol. The normalized spacial score (nSPS) is 15.1. The molecule has 8 atom stereocenters. The first kappa shape index (κ1) is 56.7. The van der Waals surface area contributed by atoms with Gasteiger partial charge in [0.25, 0.3) is 0 Å². The molecule has 0 rings (SSSR count). The van der Waals surface area contributed by atoms with Gasteiger partial charge in [-0.3, -0.25) is 43.5 Å². The molecule has 0 aromatic rings. The molecule has 0 aliphatic carbocycles. The minimum Gasteiger partial charge on any atom is -0.480 e. The average Bonchev–Trinajstić information content (AvgIpc) is 3.17. The van der Waals surface area contributed by atoms with E-state index < -0.39 is 91.6 Å². The summed E-state index contributed by atoms with van der Waals surface area (Å²) in [5.74, 6) is -7.39. The zero-order valence-corrected chi connectivity index (χ0v) is 36.4. The Morgan fingerprint density at radius 2 is 1.00 bits per heavy atom. The minimum absolute atomic E-state index is 0.0309. The first-order valence-electron chi connectivity index (χ1n) is 20.0. The van der Waals surface area contributed by atoms with Crippen molar-refractivity contribution >= 4 is 61.2 Å². The lowest BCUT2D eigenvalue weighted by Gasteiger charge is -2.31. The van der Waals surface area contributed by atoms with E-state index >= 15 is 0 Å². The topological polar surface area (TPSA) is 495 Å². The number of carbonyl (C=O) groups is 6. The summed E-state index contributed by atoms with van der Waals surface area (Å²) >= 11 is 0. The van der Waals surface area contributed by atoms with Crippen LogP contribution in [0, 0.1) is 5.92 Å². The van der Waals surface area contributed by atoms with Crippen LogP contribution in [-0.2, 0) is 37.9 Å². The van der Waals surface area contributed by atoms with Gasteiger partial charge in [0, 0.05) is 19.6 Å². The fraction of sp³-hybridized carbons (Fsp3) is 0.735. The van der Waals surface area contributed by atoms with Crippen LogP contribution in [0.2, 0.25) is 0 Å². The Bertz CT molecular complexity index is 1590. The molecule has 24 N–H and O–H groups in total. The smallest absolute Gasteiger partial charge is 0.469 e. The number of nitrogens with one attached hydrogen (secondary N) is 5. The fourth-order valence-corrected chi connectivity index (χ4v) is 6.19. The summed E-state index contributed by atoms with van der Waals surface area (Å²) in [6, 6.07) is -8.58. The first-order chi connectivity index (χ1) is 28.9. The molecule has 0 heterocycles. The number of carboxylic acid groups (broad SMARTS) is 1. The maximum absolute atomic E-state index is 14.0. The van der Waals surface area contributed by atoms with Crippen molar-refractivity contribution in [2.24, 2.45) is 66.8 Å². The van der Waals surface area contributed by atoms with Gasteiger partial charge in [0.15, 0.2) is 17.9 Å². The number of phosphoric acid groups is 1. The van der Waals surface area contributed by atoms with E-state index in [0.29, 0.717) is 19.4 Å². The minimum atomic E-state index is -5.30. The zero-order chi connectivity index (χ0) is 47.6. The summed E-state index contributed by atoms with van der Waals surface area (Å²) in [7, 11) is -5.30. The van der Waals surface area contributed by atoms with E-state index in [0.717, 1.165) is 6.92 Å². The van der Waals surface area contributed by atoms with Gasteiger partial charge in [0.05, 0.1) is 12.1 Å². The Morgan fingerprint density at radius 3 is 1.42 bits per heavy atom. The van der Waals surface area contributed by atoms with Crippen LogP contribution in [0.4, 0.5) is 0 Å². The Hall–Kier alpha value is -5.34. The molecule has 28 heteroatoms. The van der Waals surface area contributed by atoms with Crippen LogP contribution < -0.4 is 72.5 Å². The number of hydrogen-bond donors (Lipinski definition) is 16. The highest BCUT2D eigenvalue weighted by Crippen LogP contribution is 2.38. The molecule has 0 radical (unpaired) electrons. The van der Waals surface area contributed by atoms with Gasteiger partial charge in [0.2, 0.25) is 29.5 Å². The zero-order valence-electron chi connectivity index (χ0n) is 35.5. The van der Waals surface area contributed by atoms with Crippen molar-refractivity contribution in [2.45, 2.75) is 127 Å². The third-order valence-corrected chi connectivity index (χ3v) is 9.78. The molecule has 0 fully saturated rings. The number of aliphatic imine (C=N–C) groups is 3. The molecular formula is C34H69N16O11P. The maximum atomic E-state index is 14.0. The van der Waals surface area contributed by atoms with Crippen LogP contribution in [0.3, 0.4) is 0 Å². The number of aliphatic carboxylic acids is 1. The Kier molecular flexibility index (Phi) is 27.3. The molecule has 8 unspecified atom stereocenters. The van der Waals surface area contributed by atoms with Crippen molar-refractivity contribution in [2.75, 3.05) is 26.2 Å². The molecule has 0 aliphatic rings. The van der Waals surface area contributed by atoms with Crippen LogP contribution in [0.15, 0.2) is 15.0 Å². The number of nitrogens with zero attached hydrogens (tertiary/aromatic N) is 3. The van der Waals surface area contributed by atoms with E-state index in [1.807, 2.05) is 0 Å². The second kappa shape index (κ2) is 29.8. The summed E-state index contributed by atoms with van der Waals surface area (Å²) in [5.41, 5.74) is 43.8. The highest BCUT2D eigenvalue weighted by atomic mass is 31.2. The summed E-state index contributed by atoms with van der Waals surface area (Å²) in [6.45, 7) is 4.87. The molecule has 0 aromatic heterocycles. The van der Waals surface area contributed by atoms with Gasteiger partial charge in [-0.2, -0.15) is 0 Å². The van der Waals surface area contributed by atoms with Crippen molar-refractivity contribution in [3.8, 4) is 0 Å². The van der Waals surface area contributed by atoms with Gasteiger partial charge in [-0.25, -0.2) is 9.36 Å². The molecule has 0 spiro atoms. The second-order valence-corrected chi connectivity index (χ2v) is 15.6. The lowest BCUT2D eigenvalue weighted by atomic mass is 9.96. The quantitative estimate of drug-likeness (QED) is 0.0130. The van der Waals surface area contributed by atoms with Crippen LogP contribution in [-0.4, -0.2) is 137 Å². The van der Waals surface area contributed by atoms with E-state index in [2.05, 4.69) is 41.6 Å². The number of carboxylic acids is 1. The number of amides is 5. The Labute approximate surface area is 360 Å². The third kappa shape index (κ3) is 24.8. The number of carbonyl (C=O) groups excluding carboxylic acids is 5. The number of guanidine groups is 3. The van der Waals surface area contributed by atoms with Crippen molar-refractivity contribution in [1.29, 1.82) is 0 Å². The van der Waals surface area contributed by atoms with Crippen molar-refractivity contribution in [3.63, 3.8) is 0 Å². The summed E-state index contributed by atoms with van der Waals surface area (Å²) in [4.78, 5) is 111.